The highest BCUT2D eigenvalue weighted by Crippen LogP contribution is 2.57. The Kier molecular flexibility index (Phi) is 10.7. The summed E-state index contributed by atoms with van der Waals surface area (Å²) in [6.45, 7) is 4.25. The summed E-state index contributed by atoms with van der Waals surface area (Å²) < 4.78 is 16.7. The number of benzene rings is 10. The van der Waals surface area contributed by atoms with Crippen molar-refractivity contribution < 1.29 is 8.83 Å². The van der Waals surface area contributed by atoms with E-state index >= 15 is 0 Å². The molecular formula is C73H50N4O2S. The lowest BCUT2D eigenvalue weighted by Crippen LogP contribution is -2.00. The van der Waals surface area contributed by atoms with Crippen LogP contribution < -0.4 is 0 Å². The molecule has 0 amide bonds. The second-order valence-corrected chi connectivity index (χ2v) is 22.3. The zero-order valence-electron chi connectivity index (χ0n) is 44.0. The third-order valence-corrected chi connectivity index (χ3v) is 17.4. The molecule has 1 saturated carbocycles. The van der Waals surface area contributed by atoms with Crippen molar-refractivity contribution in [2.75, 3.05) is 0 Å². The number of furan rings is 2. The van der Waals surface area contributed by atoms with E-state index in [1.807, 2.05) is 72.0 Å². The summed E-state index contributed by atoms with van der Waals surface area (Å²) in [7, 11) is 0. The van der Waals surface area contributed by atoms with E-state index in [0.29, 0.717) is 29.3 Å². The van der Waals surface area contributed by atoms with Crippen molar-refractivity contribution >= 4 is 93.2 Å². The van der Waals surface area contributed by atoms with Crippen LogP contribution in [0.3, 0.4) is 0 Å². The van der Waals surface area contributed by atoms with Gasteiger partial charge in [0.25, 0.3) is 0 Å². The van der Waals surface area contributed by atoms with Crippen LogP contribution in [0.25, 0.3) is 155 Å². The Morgan fingerprint density at radius 3 is 1.80 bits per heavy atom. The largest absolute Gasteiger partial charge is 0.456 e. The van der Waals surface area contributed by atoms with Crippen LogP contribution in [-0.4, -0.2) is 19.5 Å². The van der Waals surface area contributed by atoms with Crippen LogP contribution in [0.2, 0.25) is 0 Å². The quantitative estimate of drug-likeness (QED) is 0.159. The van der Waals surface area contributed by atoms with Gasteiger partial charge in [0.1, 0.15) is 22.3 Å². The Morgan fingerprint density at radius 1 is 0.450 bits per heavy atom. The van der Waals surface area contributed by atoms with Gasteiger partial charge in [0.05, 0.1) is 11.0 Å². The predicted octanol–water partition coefficient (Wildman–Crippen LogP) is 20.5. The van der Waals surface area contributed by atoms with Crippen LogP contribution in [0.4, 0.5) is 0 Å². The van der Waals surface area contributed by atoms with Crippen LogP contribution in [0, 0.1) is 5.92 Å². The summed E-state index contributed by atoms with van der Waals surface area (Å²) >= 11 is 1.95. The van der Waals surface area contributed by atoms with Gasteiger partial charge in [-0.25, -0.2) is 15.0 Å². The molecule has 0 radical (unpaired) electrons. The molecule has 17 rings (SSSR count). The molecule has 2 aliphatic rings. The molecule has 7 heteroatoms. The molecule has 80 heavy (non-hydrogen) atoms. The molecule has 1 fully saturated rings. The number of allylic oxidation sites excluding steroid dienone is 1. The van der Waals surface area contributed by atoms with Gasteiger partial charge >= 0.3 is 0 Å². The van der Waals surface area contributed by atoms with Gasteiger partial charge in [0.15, 0.2) is 17.5 Å². The lowest BCUT2D eigenvalue weighted by molar-refractivity contribution is 0.669. The van der Waals surface area contributed by atoms with Crippen LogP contribution in [0.5, 0.6) is 0 Å². The molecule has 6 nitrogen and oxygen atoms in total. The summed E-state index contributed by atoms with van der Waals surface area (Å²) in [4.78, 5) is 16.8. The first-order valence-corrected chi connectivity index (χ1v) is 28.5. The summed E-state index contributed by atoms with van der Waals surface area (Å²) in [5, 5.41) is 8.11. The summed E-state index contributed by atoms with van der Waals surface area (Å²) in [6, 6.07) is 77.7. The molecule has 0 bridgehead atoms. The highest BCUT2D eigenvalue weighted by Gasteiger charge is 2.41. The van der Waals surface area contributed by atoms with E-state index in [2.05, 4.69) is 188 Å². The lowest BCUT2D eigenvalue weighted by Gasteiger charge is -2.14. The number of nitrogens with zero attached hydrogens (tertiary/aromatic N) is 4. The van der Waals surface area contributed by atoms with Gasteiger partial charge in [-0.3, -0.25) is 0 Å². The van der Waals surface area contributed by atoms with Gasteiger partial charge in [-0.15, -0.1) is 11.3 Å². The molecule has 0 N–H and O–H groups in total. The van der Waals surface area contributed by atoms with Crippen molar-refractivity contribution in [2.24, 2.45) is 5.92 Å². The monoisotopic (exact) mass is 1050 g/mol. The Labute approximate surface area is 465 Å². The van der Waals surface area contributed by atoms with Crippen molar-refractivity contribution in [1.82, 2.24) is 19.5 Å². The first-order chi connectivity index (χ1) is 39.5. The van der Waals surface area contributed by atoms with Crippen LogP contribution in [-0.2, 0) is 0 Å². The molecule has 0 spiro atoms. The molecule has 10 aromatic carbocycles. The third-order valence-electron chi connectivity index (χ3n) is 16.2. The average molecular weight is 1050 g/mol. The number of thiophene rings is 1. The SMILES string of the molecule is C1=CC2CC2c2c1sc1c(-c3cccc(-c4cccc5c6cc(-c7cccc8c7oc7ccccc78)ccc6n(-c6ccc(-c7nc(-c8ccccc8)nc(-c8ccc9c(c8)oc8ccccc89)n7)cc6)c45)c3)cccc21.CCC. The third kappa shape index (κ3) is 7.49. The molecular weight excluding hydrogens is 997 g/mol. The number of hydrogen-bond donors (Lipinski definition) is 0. The number of para-hydroxylation sites is 4. The molecule has 5 heterocycles. The highest BCUT2D eigenvalue weighted by atomic mass is 32.1. The molecule has 2 unspecified atom stereocenters. The zero-order chi connectivity index (χ0) is 53.0. The molecule has 380 valence electrons. The number of fused-ring (bicyclic) bond motifs is 14. The predicted molar refractivity (Wildman–Crippen MR) is 333 cm³/mol. The van der Waals surface area contributed by atoms with Crippen molar-refractivity contribution in [2.45, 2.75) is 32.6 Å². The van der Waals surface area contributed by atoms with Gasteiger partial charge in [0.2, 0.25) is 0 Å². The van der Waals surface area contributed by atoms with E-state index in [1.54, 1.807) is 5.56 Å². The fourth-order valence-electron chi connectivity index (χ4n) is 12.4. The normalized spacial score (nSPS) is 14.6. The summed E-state index contributed by atoms with van der Waals surface area (Å²) in [5.41, 5.74) is 17.9. The van der Waals surface area contributed by atoms with Gasteiger partial charge < -0.3 is 13.4 Å². The maximum absolute atomic E-state index is 6.61. The standard InChI is InChI=1S/C70H42N4O2S.C3H8/c1-2-12-40(13-3-1)68-71-69(73-70(72-68)46-28-33-53-51-16-4-6-24-60(51)75-62(53)39-46)41-26-31-47(32-27-41)74-59-34-29-44(49-19-10-22-55-52-17-5-7-25-61(52)76-66(49)55)38-58(59)54-21-9-18-48(65(54)74)42-14-8-15-43(36-42)50-20-11-23-56-64-57-37-45(57)30-35-63(64)77-67(50)56;1-3-2/h1-36,38-39,45,57H,37H2;3H2,1-2H3. The Hall–Kier alpha value is -9.69. The minimum absolute atomic E-state index is 0.576. The lowest BCUT2D eigenvalue weighted by atomic mass is 9.95. The van der Waals surface area contributed by atoms with E-state index in [1.165, 1.54) is 44.3 Å². The summed E-state index contributed by atoms with van der Waals surface area (Å²) in [5.74, 6) is 3.13. The van der Waals surface area contributed by atoms with Gasteiger partial charge in [-0.2, -0.15) is 0 Å². The van der Waals surface area contributed by atoms with Crippen LogP contribution in [0.1, 0.15) is 43.0 Å². The van der Waals surface area contributed by atoms with E-state index in [0.717, 1.165) is 105 Å². The minimum Gasteiger partial charge on any atom is -0.456 e. The number of aromatic nitrogens is 4. The smallest absolute Gasteiger partial charge is 0.164 e. The van der Waals surface area contributed by atoms with E-state index in [4.69, 9.17) is 23.8 Å². The Balaban J connectivity index is 0.00000173. The summed E-state index contributed by atoms with van der Waals surface area (Å²) in [6.07, 6.45) is 7.31. The minimum atomic E-state index is 0.576. The highest BCUT2D eigenvalue weighted by molar-refractivity contribution is 7.20. The molecule has 0 aliphatic heterocycles. The molecule has 15 aromatic rings. The molecule has 0 saturated heterocycles. The van der Waals surface area contributed by atoms with Crippen molar-refractivity contribution in [3.63, 3.8) is 0 Å². The van der Waals surface area contributed by atoms with Gasteiger partial charge in [-0.1, -0.05) is 178 Å². The fraction of sp³-hybridized carbons (Fsp3) is 0.0822. The zero-order valence-corrected chi connectivity index (χ0v) is 44.8. The fourth-order valence-corrected chi connectivity index (χ4v) is 13.7. The van der Waals surface area contributed by atoms with E-state index < -0.39 is 0 Å². The topological polar surface area (TPSA) is 69.9 Å². The van der Waals surface area contributed by atoms with Crippen molar-refractivity contribution in [3.8, 4) is 73.2 Å². The van der Waals surface area contributed by atoms with Crippen LogP contribution in [0.15, 0.2) is 233 Å². The molecule has 2 aliphatic carbocycles. The maximum atomic E-state index is 6.61. The van der Waals surface area contributed by atoms with Gasteiger partial charge in [0, 0.05) is 75.4 Å². The second-order valence-electron chi connectivity index (χ2n) is 21.3. The number of hydrogen-bond acceptors (Lipinski definition) is 6. The van der Waals surface area contributed by atoms with E-state index in [-0.39, 0.29) is 0 Å². The van der Waals surface area contributed by atoms with Crippen molar-refractivity contribution in [3.05, 3.63) is 235 Å². The molecule has 5 aromatic heterocycles. The molecule has 2 atom stereocenters. The average Bonchev–Trinajstić information content (AvgIpc) is 3.89. The first kappa shape index (κ1) is 46.4. The first-order valence-electron chi connectivity index (χ1n) is 27.7. The van der Waals surface area contributed by atoms with Crippen molar-refractivity contribution in [1.29, 1.82) is 0 Å². The maximum Gasteiger partial charge on any atom is 0.164 e. The number of rotatable bonds is 7. The second kappa shape index (κ2) is 18.5. The Morgan fingerprint density at radius 2 is 1.01 bits per heavy atom. The van der Waals surface area contributed by atoms with E-state index in [9.17, 15) is 0 Å². The Bertz CT molecular complexity index is 5000. The van der Waals surface area contributed by atoms with Gasteiger partial charge in [-0.05, 0) is 124 Å². The van der Waals surface area contributed by atoms with Crippen LogP contribution >= 0.6 is 11.3 Å².